The van der Waals surface area contributed by atoms with Crippen molar-refractivity contribution in [1.29, 1.82) is 0 Å². The van der Waals surface area contributed by atoms with Gasteiger partial charge >= 0.3 is 0 Å². The lowest BCUT2D eigenvalue weighted by Gasteiger charge is -2.11. The Bertz CT molecular complexity index is 163. The van der Waals surface area contributed by atoms with Gasteiger partial charge in [0.1, 0.15) is 0 Å². The lowest BCUT2D eigenvalue weighted by molar-refractivity contribution is 0.882. The minimum Gasteiger partial charge on any atom is -0.304 e. The number of nitrogens with zero attached hydrogens (tertiary/aromatic N) is 1. The summed E-state index contributed by atoms with van der Waals surface area (Å²) in [5.41, 5.74) is 1.04. The Morgan fingerprint density at radius 3 is 3.10 bits per heavy atom. The zero-order valence-corrected chi connectivity index (χ0v) is 6.94. The molecule has 0 aromatic rings. The monoisotopic (exact) mass is 156 g/mol. The molecule has 56 valence electrons. The van der Waals surface area contributed by atoms with E-state index < -0.39 is 0 Å². The number of rotatable bonds is 2. The molecule has 1 aliphatic heterocycles. The van der Waals surface area contributed by atoms with Crippen LogP contribution >= 0.6 is 12.6 Å². The first-order valence-corrected chi connectivity index (χ1v) is 3.92. The van der Waals surface area contributed by atoms with Crippen molar-refractivity contribution < 1.29 is 0 Å². The highest BCUT2D eigenvalue weighted by Crippen LogP contribution is 2.02. The van der Waals surface area contributed by atoms with Crippen LogP contribution in [0.5, 0.6) is 0 Å². The fourth-order valence-corrected chi connectivity index (χ4v) is 1.02. The van der Waals surface area contributed by atoms with E-state index in [1.807, 2.05) is 13.1 Å². The van der Waals surface area contributed by atoms with Crippen LogP contribution in [0.15, 0.2) is 17.1 Å². The summed E-state index contributed by atoms with van der Waals surface area (Å²) in [5.74, 6) is 0. The molecule has 0 aliphatic carbocycles. The van der Waals surface area contributed by atoms with Gasteiger partial charge in [0.15, 0.2) is 0 Å². The van der Waals surface area contributed by atoms with E-state index >= 15 is 0 Å². The molecule has 0 spiro atoms. The van der Waals surface area contributed by atoms with Crippen molar-refractivity contribution in [2.24, 2.45) is 4.99 Å². The lowest BCUT2D eigenvalue weighted by Crippen LogP contribution is -2.28. The molecule has 0 saturated heterocycles. The molecule has 0 radical (unpaired) electrons. The highest BCUT2D eigenvalue weighted by Gasteiger charge is 2.06. The summed E-state index contributed by atoms with van der Waals surface area (Å²) in [7, 11) is 1.88. The predicted molar refractivity (Wildman–Crippen MR) is 47.9 cm³/mol. The number of nitrogens with one attached hydrogen (secondary N) is 1. The van der Waals surface area contributed by atoms with Gasteiger partial charge in [0.25, 0.3) is 0 Å². The van der Waals surface area contributed by atoms with Gasteiger partial charge in [0.2, 0.25) is 0 Å². The molecule has 1 atom stereocenters. The summed E-state index contributed by atoms with van der Waals surface area (Å²) < 4.78 is 0. The largest absolute Gasteiger partial charge is 0.304 e. The Kier molecular flexibility index (Phi) is 2.96. The third kappa shape index (κ3) is 1.85. The maximum Gasteiger partial charge on any atom is 0.0926 e. The minimum absolute atomic E-state index is 0.0940. The molecule has 3 heteroatoms. The van der Waals surface area contributed by atoms with Crippen LogP contribution in [0, 0.1) is 0 Å². The number of dihydropyridines is 1. The van der Waals surface area contributed by atoms with Crippen LogP contribution in [0.1, 0.15) is 6.42 Å². The quantitative estimate of drug-likeness (QED) is 0.450. The SMILES string of the molecule is CNC(S)C1=NCCC=C1. The summed E-state index contributed by atoms with van der Waals surface area (Å²) in [6, 6.07) is 0. The van der Waals surface area contributed by atoms with Crippen LogP contribution < -0.4 is 5.32 Å². The van der Waals surface area contributed by atoms with Crippen LogP contribution in [-0.2, 0) is 0 Å². The van der Waals surface area contributed by atoms with Gasteiger partial charge in [-0.3, -0.25) is 4.99 Å². The molecular formula is C7H12N2S. The van der Waals surface area contributed by atoms with E-state index in [0.717, 1.165) is 18.7 Å². The van der Waals surface area contributed by atoms with Crippen molar-refractivity contribution in [1.82, 2.24) is 5.32 Å². The zero-order chi connectivity index (χ0) is 7.40. The fourth-order valence-electron chi connectivity index (χ4n) is 0.850. The fraction of sp³-hybridized carbons (Fsp3) is 0.571. The summed E-state index contributed by atoms with van der Waals surface area (Å²) in [6.07, 6.45) is 5.22. The smallest absolute Gasteiger partial charge is 0.0926 e. The molecule has 0 aromatic carbocycles. The van der Waals surface area contributed by atoms with Crippen molar-refractivity contribution in [3.05, 3.63) is 12.2 Å². The molecule has 0 aromatic heterocycles. The van der Waals surface area contributed by atoms with Crippen molar-refractivity contribution in [2.45, 2.75) is 11.8 Å². The van der Waals surface area contributed by atoms with Crippen LogP contribution in [-0.4, -0.2) is 24.7 Å². The normalized spacial score (nSPS) is 20.4. The molecule has 1 aliphatic rings. The average Bonchev–Trinajstić information content (AvgIpc) is 2.05. The second-order valence-electron chi connectivity index (χ2n) is 2.19. The summed E-state index contributed by atoms with van der Waals surface area (Å²) >= 11 is 4.28. The molecule has 2 nitrogen and oxygen atoms in total. The maximum atomic E-state index is 4.29. The number of hydrogen-bond acceptors (Lipinski definition) is 3. The van der Waals surface area contributed by atoms with E-state index in [-0.39, 0.29) is 5.37 Å². The van der Waals surface area contributed by atoms with Gasteiger partial charge in [-0.25, -0.2) is 0 Å². The van der Waals surface area contributed by atoms with Crippen molar-refractivity contribution in [2.75, 3.05) is 13.6 Å². The van der Waals surface area contributed by atoms with E-state index in [9.17, 15) is 0 Å². The third-order valence-electron chi connectivity index (χ3n) is 1.43. The minimum atomic E-state index is 0.0940. The van der Waals surface area contributed by atoms with Gasteiger partial charge in [-0.1, -0.05) is 6.08 Å². The molecule has 1 N–H and O–H groups in total. The highest BCUT2D eigenvalue weighted by molar-refractivity contribution is 7.81. The van der Waals surface area contributed by atoms with E-state index in [2.05, 4.69) is 29.0 Å². The van der Waals surface area contributed by atoms with Gasteiger partial charge < -0.3 is 5.32 Å². The van der Waals surface area contributed by atoms with Gasteiger partial charge in [0.05, 0.1) is 11.1 Å². The third-order valence-corrected chi connectivity index (χ3v) is 1.96. The second-order valence-corrected chi connectivity index (χ2v) is 2.71. The van der Waals surface area contributed by atoms with Crippen molar-refractivity contribution >= 4 is 18.3 Å². The molecule has 0 saturated carbocycles. The summed E-state index contributed by atoms with van der Waals surface area (Å²) in [6.45, 7) is 0.907. The Morgan fingerprint density at radius 2 is 2.60 bits per heavy atom. The highest BCUT2D eigenvalue weighted by atomic mass is 32.1. The first-order valence-electron chi connectivity index (χ1n) is 3.41. The van der Waals surface area contributed by atoms with Crippen molar-refractivity contribution in [3.63, 3.8) is 0 Å². The van der Waals surface area contributed by atoms with Gasteiger partial charge in [0, 0.05) is 6.54 Å². The van der Waals surface area contributed by atoms with Gasteiger partial charge in [-0.15, -0.1) is 0 Å². The van der Waals surface area contributed by atoms with Crippen molar-refractivity contribution in [3.8, 4) is 0 Å². The van der Waals surface area contributed by atoms with E-state index in [1.165, 1.54) is 0 Å². The van der Waals surface area contributed by atoms with E-state index in [1.54, 1.807) is 0 Å². The van der Waals surface area contributed by atoms with Crippen LogP contribution in [0.25, 0.3) is 0 Å². The molecule has 10 heavy (non-hydrogen) atoms. The Hall–Kier alpha value is -0.280. The number of thiol groups is 1. The Labute approximate surface area is 66.8 Å². The average molecular weight is 156 g/mol. The number of aliphatic imine (C=N–C) groups is 1. The summed E-state index contributed by atoms with van der Waals surface area (Å²) in [4.78, 5) is 4.29. The van der Waals surface area contributed by atoms with Gasteiger partial charge in [-0.2, -0.15) is 12.6 Å². The topological polar surface area (TPSA) is 24.4 Å². The first kappa shape index (κ1) is 7.82. The zero-order valence-electron chi connectivity index (χ0n) is 6.04. The molecule has 0 bridgehead atoms. The maximum absolute atomic E-state index is 4.29. The first-order chi connectivity index (χ1) is 4.84. The Morgan fingerprint density at radius 1 is 1.80 bits per heavy atom. The van der Waals surface area contributed by atoms with Gasteiger partial charge in [-0.05, 0) is 19.5 Å². The molecular weight excluding hydrogens is 144 g/mol. The molecule has 0 fully saturated rings. The molecule has 1 unspecified atom stereocenters. The standard InChI is InChI=1S/C7H12N2S/c1-8-7(10)6-4-2-3-5-9-6/h2,4,7-8,10H,3,5H2,1H3. The van der Waals surface area contributed by atoms with Crippen LogP contribution in [0.3, 0.4) is 0 Å². The second kappa shape index (κ2) is 3.78. The Balaban J connectivity index is 2.54. The summed E-state index contributed by atoms with van der Waals surface area (Å²) in [5, 5.41) is 3.11. The van der Waals surface area contributed by atoms with Crippen LogP contribution in [0.4, 0.5) is 0 Å². The van der Waals surface area contributed by atoms with E-state index in [0.29, 0.717) is 0 Å². The molecule has 0 amide bonds. The van der Waals surface area contributed by atoms with E-state index in [4.69, 9.17) is 0 Å². The predicted octanol–water partition coefficient (Wildman–Crippen LogP) is 0.863. The van der Waals surface area contributed by atoms with Crippen LogP contribution in [0.2, 0.25) is 0 Å². The lowest BCUT2D eigenvalue weighted by atomic mass is 10.2. The number of hydrogen-bond donors (Lipinski definition) is 2. The molecule has 1 heterocycles. The molecule has 1 rings (SSSR count).